The van der Waals surface area contributed by atoms with E-state index in [0.717, 1.165) is 17.6 Å². The Hall–Kier alpha value is -0.920. The normalized spacial score (nSPS) is 10.5. The molecule has 0 aliphatic carbocycles. The summed E-state index contributed by atoms with van der Waals surface area (Å²) in [6.45, 7) is 10.4. The average molecular weight is 311 g/mol. The SMILES string of the molecule is CCCCCCCCCCCC(OC=C(C)C)OC=C(C)C. The second kappa shape index (κ2) is 15.0. The van der Waals surface area contributed by atoms with Crippen molar-refractivity contribution in [3.05, 3.63) is 23.7 Å². The van der Waals surface area contributed by atoms with E-state index in [1.165, 1.54) is 57.8 Å². The van der Waals surface area contributed by atoms with Gasteiger partial charge in [0.2, 0.25) is 6.29 Å². The third-order valence-electron chi connectivity index (χ3n) is 3.45. The summed E-state index contributed by atoms with van der Waals surface area (Å²) in [5.74, 6) is 0. The molecule has 0 aromatic rings. The van der Waals surface area contributed by atoms with Crippen LogP contribution in [-0.4, -0.2) is 6.29 Å². The second-order valence-electron chi connectivity index (χ2n) is 6.71. The van der Waals surface area contributed by atoms with Gasteiger partial charge in [-0.25, -0.2) is 0 Å². The van der Waals surface area contributed by atoms with Crippen molar-refractivity contribution in [2.45, 2.75) is 105 Å². The maximum atomic E-state index is 5.70. The Bertz CT molecular complexity index is 277. The number of unbranched alkanes of at least 4 members (excludes halogenated alkanes) is 8. The lowest BCUT2D eigenvalue weighted by Gasteiger charge is -2.17. The summed E-state index contributed by atoms with van der Waals surface area (Å²) in [7, 11) is 0. The maximum Gasteiger partial charge on any atom is 0.239 e. The van der Waals surface area contributed by atoms with E-state index in [9.17, 15) is 0 Å². The van der Waals surface area contributed by atoms with Crippen LogP contribution < -0.4 is 0 Å². The van der Waals surface area contributed by atoms with E-state index >= 15 is 0 Å². The van der Waals surface area contributed by atoms with E-state index in [0.29, 0.717) is 0 Å². The summed E-state index contributed by atoms with van der Waals surface area (Å²) in [4.78, 5) is 0. The molecule has 0 heterocycles. The van der Waals surface area contributed by atoms with Gasteiger partial charge in [0.25, 0.3) is 0 Å². The van der Waals surface area contributed by atoms with Crippen molar-refractivity contribution in [3.8, 4) is 0 Å². The van der Waals surface area contributed by atoms with Crippen LogP contribution in [-0.2, 0) is 9.47 Å². The van der Waals surface area contributed by atoms with Crippen LogP contribution in [0.5, 0.6) is 0 Å². The average Bonchev–Trinajstić information content (AvgIpc) is 2.47. The molecule has 0 fully saturated rings. The molecule has 0 aromatic heterocycles. The van der Waals surface area contributed by atoms with Crippen molar-refractivity contribution < 1.29 is 9.47 Å². The molecular weight excluding hydrogens is 272 g/mol. The van der Waals surface area contributed by atoms with Gasteiger partial charge in [0.1, 0.15) is 0 Å². The van der Waals surface area contributed by atoms with Crippen LogP contribution in [0.4, 0.5) is 0 Å². The van der Waals surface area contributed by atoms with Gasteiger partial charge in [-0.3, -0.25) is 0 Å². The van der Waals surface area contributed by atoms with Gasteiger partial charge in [0, 0.05) is 6.42 Å². The molecule has 2 heteroatoms. The summed E-state index contributed by atoms with van der Waals surface area (Å²) in [6.07, 6.45) is 16.5. The molecule has 2 nitrogen and oxygen atoms in total. The number of hydrogen-bond donors (Lipinski definition) is 0. The van der Waals surface area contributed by atoms with Gasteiger partial charge >= 0.3 is 0 Å². The Balaban J connectivity index is 3.74. The Morgan fingerprint density at radius 1 is 0.682 bits per heavy atom. The lowest BCUT2D eigenvalue weighted by molar-refractivity contribution is -0.0686. The van der Waals surface area contributed by atoms with Crippen molar-refractivity contribution in [3.63, 3.8) is 0 Å². The summed E-state index contributed by atoms with van der Waals surface area (Å²) in [5.41, 5.74) is 2.33. The number of hydrogen-bond acceptors (Lipinski definition) is 2. The van der Waals surface area contributed by atoms with Crippen LogP contribution in [0.15, 0.2) is 23.7 Å². The molecule has 0 aliphatic rings. The topological polar surface area (TPSA) is 18.5 Å². The molecule has 0 unspecified atom stereocenters. The second-order valence-corrected chi connectivity index (χ2v) is 6.71. The van der Waals surface area contributed by atoms with E-state index in [2.05, 4.69) is 6.92 Å². The van der Waals surface area contributed by atoms with Crippen molar-refractivity contribution in [1.29, 1.82) is 0 Å². The monoisotopic (exact) mass is 310 g/mol. The smallest absolute Gasteiger partial charge is 0.239 e. The predicted molar refractivity (Wildman–Crippen MR) is 96.7 cm³/mol. The number of rotatable bonds is 14. The van der Waals surface area contributed by atoms with E-state index in [4.69, 9.17) is 9.47 Å². The number of allylic oxidation sites excluding steroid dienone is 2. The summed E-state index contributed by atoms with van der Waals surface area (Å²) in [6, 6.07) is 0. The molecule has 0 rings (SSSR count). The minimum atomic E-state index is -0.144. The fourth-order valence-electron chi connectivity index (χ4n) is 2.21. The van der Waals surface area contributed by atoms with Crippen molar-refractivity contribution in [2.24, 2.45) is 0 Å². The van der Waals surface area contributed by atoms with E-state index in [1.807, 2.05) is 27.7 Å². The molecule has 0 aromatic carbocycles. The van der Waals surface area contributed by atoms with E-state index in [1.54, 1.807) is 12.5 Å². The first-order valence-electron chi connectivity index (χ1n) is 9.14. The van der Waals surface area contributed by atoms with E-state index in [-0.39, 0.29) is 6.29 Å². The zero-order valence-electron chi connectivity index (χ0n) is 15.6. The first-order chi connectivity index (χ1) is 10.6. The largest absolute Gasteiger partial charge is 0.463 e. The highest BCUT2D eigenvalue weighted by Gasteiger charge is 2.07. The fraction of sp³-hybridized carbons (Fsp3) is 0.800. The minimum absolute atomic E-state index is 0.144. The van der Waals surface area contributed by atoms with Gasteiger partial charge in [0.05, 0.1) is 12.5 Å². The van der Waals surface area contributed by atoms with Crippen LogP contribution >= 0.6 is 0 Å². The van der Waals surface area contributed by atoms with Gasteiger partial charge in [-0.05, 0) is 45.3 Å². The van der Waals surface area contributed by atoms with Crippen molar-refractivity contribution in [1.82, 2.24) is 0 Å². The molecule has 0 aliphatic heterocycles. The Kier molecular flexibility index (Phi) is 14.4. The Labute approximate surface area is 139 Å². The molecular formula is C20H38O2. The van der Waals surface area contributed by atoms with Gasteiger partial charge in [-0.1, -0.05) is 58.3 Å². The highest BCUT2D eigenvalue weighted by molar-refractivity contribution is 4.88. The van der Waals surface area contributed by atoms with Crippen molar-refractivity contribution in [2.75, 3.05) is 0 Å². The van der Waals surface area contributed by atoms with Crippen molar-refractivity contribution >= 4 is 0 Å². The third-order valence-corrected chi connectivity index (χ3v) is 3.45. The summed E-state index contributed by atoms with van der Waals surface area (Å²) in [5, 5.41) is 0. The number of ether oxygens (including phenoxy) is 2. The molecule has 0 spiro atoms. The van der Waals surface area contributed by atoms with Crippen LogP contribution in [0.1, 0.15) is 98.8 Å². The van der Waals surface area contributed by atoms with Crippen LogP contribution in [0.2, 0.25) is 0 Å². The Morgan fingerprint density at radius 2 is 1.09 bits per heavy atom. The molecule has 0 radical (unpaired) electrons. The first kappa shape index (κ1) is 21.1. The molecule has 0 atom stereocenters. The fourth-order valence-corrected chi connectivity index (χ4v) is 2.21. The lowest BCUT2D eigenvalue weighted by atomic mass is 10.1. The van der Waals surface area contributed by atoms with E-state index < -0.39 is 0 Å². The van der Waals surface area contributed by atoms with Crippen LogP contribution in [0, 0.1) is 0 Å². The molecule has 0 bridgehead atoms. The molecule has 22 heavy (non-hydrogen) atoms. The Morgan fingerprint density at radius 3 is 1.50 bits per heavy atom. The zero-order chi connectivity index (χ0) is 16.6. The highest BCUT2D eigenvalue weighted by Crippen LogP contribution is 2.14. The summed E-state index contributed by atoms with van der Waals surface area (Å²) < 4.78 is 11.4. The maximum absolute atomic E-state index is 5.70. The van der Waals surface area contributed by atoms with Crippen LogP contribution in [0.3, 0.4) is 0 Å². The molecule has 0 saturated carbocycles. The molecule has 130 valence electrons. The minimum Gasteiger partial charge on any atom is -0.463 e. The predicted octanol–water partition coefficient (Wildman–Crippen LogP) is 7.11. The van der Waals surface area contributed by atoms with Gasteiger partial charge < -0.3 is 9.47 Å². The first-order valence-corrected chi connectivity index (χ1v) is 9.14. The van der Waals surface area contributed by atoms with Gasteiger partial charge in [-0.15, -0.1) is 0 Å². The quantitative estimate of drug-likeness (QED) is 0.193. The molecule has 0 saturated heterocycles. The molecule has 0 amide bonds. The van der Waals surface area contributed by atoms with Crippen LogP contribution in [0.25, 0.3) is 0 Å². The zero-order valence-corrected chi connectivity index (χ0v) is 15.6. The third kappa shape index (κ3) is 15.5. The standard InChI is InChI=1S/C20H38O2/c1-6-7-8-9-10-11-12-13-14-15-20(21-16-18(2)3)22-17-19(4)5/h16-17,20H,6-15H2,1-5H3. The highest BCUT2D eigenvalue weighted by atomic mass is 16.7. The molecule has 0 N–H and O–H groups in total. The van der Waals surface area contributed by atoms with Gasteiger partial charge in [0.15, 0.2) is 0 Å². The van der Waals surface area contributed by atoms with Gasteiger partial charge in [-0.2, -0.15) is 0 Å². The summed E-state index contributed by atoms with van der Waals surface area (Å²) >= 11 is 0. The lowest BCUT2D eigenvalue weighted by Crippen LogP contribution is -2.12.